The number of hydrogen-bond acceptors (Lipinski definition) is 3. The average Bonchev–Trinajstić information content (AvgIpc) is 2.90. The summed E-state index contributed by atoms with van der Waals surface area (Å²) >= 11 is 2.21. The van der Waals surface area contributed by atoms with E-state index in [2.05, 4.69) is 33.0 Å². The van der Waals surface area contributed by atoms with Crippen LogP contribution in [0.15, 0.2) is 42.7 Å². The van der Waals surface area contributed by atoms with Gasteiger partial charge in [0.2, 0.25) is 5.91 Å². The van der Waals surface area contributed by atoms with Gasteiger partial charge in [-0.1, -0.05) is 37.3 Å². The van der Waals surface area contributed by atoms with Gasteiger partial charge in [-0.05, 0) is 41.1 Å². The van der Waals surface area contributed by atoms with Gasteiger partial charge in [0, 0.05) is 12.7 Å². The van der Waals surface area contributed by atoms with Gasteiger partial charge in [0.1, 0.15) is 5.54 Å². The van der Waals surface area contributed by atoms with Crippen molar-refractivity contribution in [3.05, 3.63) is 51.9 Å². The van der Waals surface area contributed by atoms with Gasteiger partial charge in [0.15, 0.2) is 0 Å². The minimum atomic E-state index is -0.868. The zero-order valence-electron chi connectivity index (χ0n) is 11.9. The number of carbonyl (C=O) groups is 1. The highest BCUT2D eigenvalue weighted by molar-refractivity contribution is 14.1. The van der Waals surface area contributed by atoms with Crippen LogP contribution in [-0.4, -0.2) is 22.2 Å². The first-order valence-electron chi connectivity index (χ1n) is 6.87. The summed E-state index contributed by atoms with van der Waals surface area (Å²) in [5.74, 6) is -0.364. The predicted molar refractivity (Wildman–Crippen MR) is 90.6 cm³/mol. The maximum Gasteiger partial charge on any atom is 0.242 e. The number of aromatic nitrogens is 2. The van der Waals surface area contributed by atoms with Crippen molar-refractivity contribution in [1.82, 2.24) is 15.1 Å². The van der Waals surface area contributed by atoms with Crippen LogP contribution in [0.5, 0.6) is 0 Å². The van der Waals surface area contributed by atoms with E-state index in [9.17, 15) is 4.79 Å². The lowest BCUT2D eigenvalue weighted by atomic mass is 9.85. The summed E-state index contributed by atoms with van der Waals surface area (Å²) < 4.78 is 2.90. The quantitative estimate of drug-likeness (QED) is 0.700. The fourth-order valence-corrected chi connectivity index (χ4v) is 2.90. The number of carbonyl (C=O) groups excluding carboxylic acids is 1. The number of nitrogens with zero attached hydrogens (tertiary/aromatic N) is 2. The van der Waals surface area contributed by atoms with E-state index in [4.69, 9.17) is 5.73 Å². The second-order valence-electron chi connectivity index (χ2n) is 4.84. The Morgan fingerprint density at radius 1 is 1.43 bits per heavy atom. The van der Waals surface area contributed by atoms with Crippen LogP contribution < -0.4 is 11.1 Å². The monoisotopic (exact) mass is 398 g/mol. The summed E-state index contributed by atoms with van der Waals surface area (Å²) in [7, 11) is 0. The highest BCUT2D eigenvalue weighted by Gasteiger charge is 2.37. The van der Waals surface area contributed by atoms with E-state index in [1.165, 1.54) is 0 Å². The molecular weight excluding hydrogens is 379 g/mol. The first-order valence-corrected chi connectivity index (χ1v) is 7.95. The number of hydrogen-bond donors (Lipinski definition) is 2. The van der Waals surface area contributed by atoms with Gasteiger partial charge in [-0.3, -0.25) is 14.8 Å². The number of nitrogens with one attached hydrogen (secondary N) is 1. The van der Waals surface area contributed by atoms with Crippen LogP contribution in [0.25, 0.3) is 0 Å². The zero-order chi connectivity index (χ0) is 15.3. The summed E-state index contributed by atoms with van der Waals surface area (Å²) in [4.78, 5) is 12.2. The van der Waals surface area contributed by atoms with Gasteiger partial charge in [-0.25, -0.2) is 0 Å². The van der Waals surface area contributed by atoms with E-state index in [-0.39, 0.29) is 5.91 Å². The zero-order valence-corrected chi connectivity index (χ0v) is 14.1. The van der Waals surface area contributed by atoms with Crippen LogP contribution in [-0.2, 0) is 16.9 Å². The lowest BCUT2D eigenvalue weighted by molar-refractivity contribution is -0.125. The van der Waals surface area contributed by atoms with Gasteiger partial charge >= 0.3 is 0 Å². The Balaban J connectivity index is 2.28. The average molecular weight is 398 g/mol. The summed E-state index contributed by atoms with van der Waals surface area (Å²) in [5, 5.41) is 7.53. The molecule has 2 aromatic rings. The molecule has 0 aliphatic carbocycles. The molecule has 0 bridgehead atoms. The molecule has 6 heteroatoms. The lowest BCUT2D eigenvalue weighted by Gasteiger charge is -2.32. The van der Waals surface area contributed by atoms with Crippen molar-refractivity contribution in [1.29, 1.82) is 0 Å². The Morgan fingerprint density at radius 3 is 2.67 bits per heavy atom. The molecule has 1 heterocycles. The molecule has 1 aromatic carbocycles. The molecule has 3 N–H and O–H groups in total. The van der Waals surface area contributed by atoms with E-state index < -0.39 is 5.54 Å². The van der Waals surface area contributed by atoms with Gasteiger partial charge in [0.05, 0.1) is 9.77 Å². The van der Waals surface area contributed by atoms with Crippen molar-refractivity contribution < 1.29 is 4.79 Å². The number of primary amides is 1. The Labute approximate surface area is 138 Å². The molecule has 1 aromatic heterocycles. The molecule has 1 amide bonds. The van der Waals surface area contributed by atoms with Crippen molar-refractivity contribution in [3.63, 3.8) is 0 Å². The Bertz CT molecular complexity index is 599. The third kappa shape index (κ3) is 3.62. The minimum absolute atomic E-state index is 0.364. The largest absolute Gasteiger partial charge is 0.368 e. The number of rotatable bonds is 7. The van der Waals surface area contributed by atoms with E-state index in [1.807, 2.05) is 48.1 Å². The number of amides is 1. The van der Waals surface area contributed by atoms with Crippen LogP contribution >= 0.6 is 22.6 Å². The molecule has 21 heavy (non-hydrogen) atoms. The molecule has 2 rings (SSSR count). The maximum absolute atomic E-state index is 12.2. The minimum Gasteiger partial charge on any atom is -0.368 e. The molecular formula is C15H19IN4O. The fourth-order valence-electron chi connectivity index (χ4n) is 2.45. The summed E-state index contributed by atoms with van der Waals surface area (Å²) in [6.07, 6.45) is 4.30. The summed E-state index contributed by atoms with van der Waals surface area (Å²) in [6, 6.07) is 9.63. The smallest absolute Gasteiger partial charge is 0.242 e. The highest BCUT2D eigenvalue weighted by Crippen LogP contribution is 2.25. The molecule has 0 saturated carbocycles. The van der Waals surface area contributed by atoms with Crippen LogP contribution in [0.3, 0.4) is 0 Å². The number of aryl methyl sites for hydroxylation is 1. The SMILES string of the molecule is CCNC(CCn1cc(I)cn1)(C(N)=O)c1ccccc1. The molecule has 0 aliphatic rings. The lowest BCUT2D eigenvalue weighted by Crippen LogP contribution is -2.53. The van der Waals surface area contributed by atoms with Crippen molar-refractivity contribution >= 4 is 28.5 Å². The van der Waals surface area contributed by atoms with Gasteiger partial charge in [-0.2, -0.15) is 5.10 Å². The second kappa shape index (κ2) is 7.04. The third-order valence-corrected chi connectivity index (χ3v) is 4.04. The molecule has 5 nitrogen and oxygen atoms in total. The maximum atomic E-state index is 12.2. The van der Waals surface area contributed by atoms with Crippen molar-refractivity contribution in [2.24, 2.45) is 5.73 Å². The molecule has 0 radical (unpaired) electrons. The number of likely N-dealkylation sites (N-methyl/N-ethyl adjacent to an activating group) is 1. The van der Waals surface area contributed by atoms with Crippen LogP contribution in [0.1, 0.15) is 18.9 Å². The fraction of sp³-hybridized carbons (Fsp3) is 0.333. The molecule has 0 fully saturated rings. The van der Waals surface area contributed by atoms with Crippen molar-refractivity contribution in [2.45, 2.75) is 25.4 Å². The normalized spacial score (nSPS) is 13.8. The number of halogens is 1. The first-order chi connectivity index (χ1) is 10.1. The van der Waals surface area contributed by atoms with Gasteiger partial charge < -0.3 is 5.73 Å². The van der Waals surface area contributed by atoms with Gasteiger partial charge in [-0.15, -0.1) is 0 Å². The molecule has 112 valence electrons. The highest BCUT2D eigenvalue weighted by atomic mass is 127. The predicted octanol–water partition coefficient (Wildman–Crippen LogP) is 1.87. The van der Waals surface area contributed by atoms with Crippen molar-refractivity contribution in [2.75, 3.05) is 6.54 Å². The van der Waals surface area contributed by atoms with E-state index >= 15 is 0 Å². The number of nitrogens with two attached hydrogens (primary N) is 1. The molecule has 0 aliphatic heterocycles. The Hall–Kier alpha value is -1.41. The Kier molecular flexibility index (Phi) is 5.35. The molecule has 1 unspecified atom stereocenters. The van der Waals surface area contributed by atoms with Crippen molar-refractivity contribution in [3.8, 4) is 0 Å². The van der Waals surface area contributed by atoms with E-state index in [0.717, 1.165) is 9.13 Å². The van der Waals surface area contributed by atoms with Crippen LogP contribution in [0, 0.1) is 3.57 Å². The van der Waals surface area contributed by atoms with E-state index in [0.29, 0.717) is 19.5 Å². The van der Waals surface area contributed by atoms with Crippen LogP contribution in [0.4, 0.5) is 0 Å². The molecule has 0 spiro atoms. The number of benzene rings is 1. The third-order valence-electron chi connectivity index (χ3n) is 3.48. The summed E-state index contributed by atoms with van der Waals surface area (Å²) in [5.41, 5.74) is 5.75. The second-order valence-corrected chi connectivity index (χ2v) is 6.08. The summed E-state index contributed by atoms with van der Waals surface area (Å²) in [6.45, 7) is 3.25. The molecule has 1 atom stereocenters. The topological polar surface area (TPSA) is 72.9 Å². The Morgan fingerprint density at radius 2 is 2.14 bits per heavy atom. The van der Waals surface area contributed by atoms with E-state index in [1.54, 1.807) is 6.20 Å². The standard InChI is InChI=1S/C15H19IN4O/c1-2-18-15(14(17)21,12-6-4-3-5-7-12)8-9-20-11-13(16)10-19-20/h3-7,10-11,18H,2,8-9H2,1H3,(H2,17,21). The van der Waals surface area contributed by atoms with Gasteiger partial charge in [0.25, 0.3) is 0 Å². The van der Waals surface area contributed by atoms with Crippen LogP contribution in [0.2, 0.25) is 0 Å². The molecule has 0 saturated heterocycles. The first kappa shape index (κ1) is 16.0.